The molecular weight excluding hydrogens is 290 g/mol. The van der Waals surface area contributed by atoms with Crippen molar-refractivity contribution in [1.82, 2.24) is 14.7 Å². The van der Waals surface area contributed by atoms with Crippen molar-refractivity contribution in [3.63, 3.8) is 0 Å². The van der Waals surface area contributed by atoms with Crippen molar-refractivity contribution in [2.24, 2.45) is 0 Å². The second kappa shape index (κ2) is 7.12. The molecule has 112 valence electrons. The zero-order chi connectivity index (χ0) is 15.2. The lowest BCUT2D eigenvalue weighted by molar-refractivity contribution is -0.137. The lowest BCUT2D eigenvalue weighted by Gasteiger charge is -2.02. The minimum Gasteiger partial charge on any atom is -0.481 e. The van der Waals surface area contributed by atoms with Gasteiger partial charge in [0.05, 0.1) is 5.52 Å². The summed E-state index contributed by atoms with van der Waals surface area (Å²) in [4.78, 5) is 26.9. The number of hydrogen-bond donors (Lipinski definition) is 2. The summed E-state index contributed by atoms with van der Waals surface area (Å²) in [5.74, 6) is -1.04. The Bertz CT molecular complexity index is 654. The van der Waals surface area contributed by atoms with E-state index in [1.807, 2.05) is 35.1 Å². The van der Waals surface area contributed by atoms with Crippen molar-refractivity contribution in [1.29, 1.82) is 0 Å². The molecule has 2 N–H and O–H groups in total. The van der Waals surface area contributed by atoms with Crippen LogP contribution in [0.4, 0.5) is 0 Å². The van der Waals surface area contributed by atoms with Crippen molar-refractivity contribution in [2.75, 3.05) is 12.8 Å². The molecule has 0 aliphatic rings. The highest BCUT2D eigenvalue weighted by molar-refractivity contribution is 7.98. The van der Waals surface area contributed by atoms with E-state index in [0.717, 1.165) is 10.7 Å². The minimum atomic E-state index is -0.814. The molecule has 2 heterocycles. The van der Waals surface area contributed by atoms with Crippen molar-refractivity contribution in [3.8, 4) is 0 Å². The quantitative estimate of drug-likeness (QED) is 0.604. The SMILES string of the molecule is CSc1nc(C(=O)NCCCCC(=O)O)c2ccccn12. The zero-order valence-electron chi connectivity index (χ0n) is 11.7. The van der Waals surface area contributed by atoms with Gasteiger partial charge in [0.15, 0.2) is 10.9 Å². The molecule has 0 bridgehead atoms. The van der Waals surface area contributed by atoms with Crippen molar-refractivity contribution in [2.45, 2.75) is 24.4 Å². The van der Waals surface area contributed by atoms with Gasteiger partial charge in [0, 0.05) is 19.2 Å². The summed E-state index contributed by atoms with van der Waals surface area (Å²) in [6, 6.07) is 5.61. The van der Waals surface area contributed by atoms with E-state index >= 15 is 0 Å². The van der Waals surface area contributed by atoms with Crippen LogP contribution in [0.3, 0.4) is 0 Å². The summed E-state index contributed by atoms with van der Waals surface area (Å²) in [5.41, 5.74) is 1.17. The van der Waals surface area contributed by atoms with E-state index in [9.17, 15) is 9.59 Å². The maximum atomic E-state index is 12.2. The molecule has 6 nitrogen and oxygen atoms in total. The molecule has 2 aromatic rings. The summed E-state index contributed by atoms with van der Waals surface area (Å²) in [7, 11) is 0. The van der Waals surface area contributed by atoms with Crippen LogP contribution >= 0.6 is 11.8 Å². The van der Waals surface area contributed by atoms with Gasteiger partial charge in [-0.15, -0.1) is 0 Å². The van der Waals surface area contributed by atoms with Gasteiger partial charge in [-0.25, -0.2) is 4.98 Å². The summed E-state index contributed by atoms with van der Waals surface area (Å²) >= 11 is 1.48. The van der Waals surface area contributed by atoms with Gasteiger partial charge in [-0.2, -0.15) is 0 Å². The van der Waals surface area contributed by atoms with Gasteiger partial charge in [-0.1, -0.05) is 17.8 Å². The first-order valence-corrected chi connectivity index (χ1v) is 7.87. The predicted molar refractivity (Wildman–Crippen MR) is 80.8 cm³/mol. The van der Waals surface area contributed by atoms with Gasteiger partial charge in [-0.3, -0.25) is 14.0 Å². The van der Waals surface area contributed by atoms with Crippen LogP contribution in [0.25, 0.3) is 5.52 Å². The Morgan fingerprint density at radius 3 is 2.90 bits per heavy atom. The molecule has 0 spiro atoms. The molecule has 0 aliphatic carbocycles. The number of imidazole rings is 1. The average molecular weight is 307 g/mol. The fraction of sp³-hybridized carbons (Fsp3) is 0.357. The highest BCUT2D eigenvalue weighted by atomic mass is 32.2. The Kier molecular flexibility index (Phi) is 5.21. The molecular formula is C14H17N3O3S. The molecule has 0 aromatic carbocycles. The first kappa shape index (κ1) is 15.4. The first-order chi connectivity index (χ1) is 10.1. The number of fused-ring (bicyclic) bond motifs is 1. The van der Waals surface area contributed by atoms with Gasteiger partial charge < -0.3 is 10.4 Å². The second-order valence-corrected chi connectivity index (χ2v) is 5.28. The Hall–Kier alpha value is -2.02. The lowest BCUT2D eigenvalue weighted by atomic mass is 10.2. The highest BCUT2D eigenvalue weighted by Gasteiger charge is 2.16. The van der Waals surface area contributed by atoms with E-state index in [1.165, 1.54) is 11.8 Å². The number of aromatic nitrogens is 2. The fourth-order valence-corrected chi connectivity index (χ4v) is 2.55. The number of carboxylic acid groups (broad SMARTS) is 1. The molecule has 0 atom stereocenters. The number of carbonyl (C=O) groups is 2. The normalized spacial score (nSPS) is 10.7. The van der Waals surface area contributed by atoms with Crippen LogP contribution in [0.5, 0.6) is 0 Å². The third-order valence-corrected chi connectivity index (χ3v) is 3.67. The second-order valence-electron chi connectivity index (χ2n) is 4.51. The Morgan fingerprint density at radius 1 is 1.38 bits per heavy atom. The van der Waals surface area contributed by atoms with E-state index in [-0.39, 0.29) is 12.3 Å². The average Bonchev–Trinajstić information content (AvgIpc) is 2.85. The van der Waals surface area contributed by atoms with E-state index in [1.54, 1.807) is 0 Å². The number of hydrogen-bond acceptors (Lipinski definition) is 4. The molecule has 0 fully saturated rings. The van der Waals surface area contributed by atoms with Crippen molar-refractivity contribution >= 4 is 29.2 Å². The van der Waals surface area contributed by atoms with E-state index in [0.29, 0.717) is 25.1 Å². The van der Waals surface area contributed by atoms with Gasteiger partial charge >= 0.3 is 5.97 Å². The van der Waals surface area contributed by atoms with Gasteiger partial charge in [0.1, 0.15) is 0 Å². The Morgan fingerprint density at radius 2 is 2.19 bits per heavy atom. The highest BCUT2D eigenvalue weighted by Crippen LogP contribution is 2.19. The number of nitrogens with one attached hydrogen (secondary N) is 1. The summed E-state index contributed by atoms with van der Waals surface area (Å²) in [6.07, 6.45) is 5.10. The van der Waals surface area contributed by atoms with Crippen LogP contribution in [-0.4, -0.2) is 39.2 Å². The molecule has 0 radical (unpaired) electrons. The molecule has 21 heavy (non-hydrogen) atoms. The molecule has 2 rings (SSSR count). The Labute approximate surface area is 126 Å². The number of thioether (sulfide) groups is 1. The zero-order valence-corrected chi connectivity index (χ0v) is 12.5. The van der Waals surface area contributed by atoms with Crippen molar-refractivity contribution in [3.05, 3.63) is 30.1 Å². The predicted octanol–water partition coefficient (Wildman–Crippen LogP) is 2.04. The van der Waals surface area contributed by atoms with E-state index in [2.05, 4.69) is 10.3 Å². The topological polar surface area (TPSA) is 83.7 Å². The van der Waals surface area contributed by atoms with Crippen LogP contribution in [0.15, 0.2) is 29.6 Å². The standard InChI is InChI=1S/C14H17N3O3S/c1-21-14-16-12(10-6-3-5-9-17(10)14)13(20)15-8-4-2-7-11(18)19/h3,5-6,9H,2,4,7-8H2,1H3,(H,15,20)(H,18,19). The van der Waals surface area contributed by atoms with E-state index in [4.69, 9.17) is 5.11 Å². The number of unbranched alkanes of at least 4 members (excludes halogenated alkanes) is 1. The molecule has 7 heteroatoms. The minimum absolute atomic E-state index is 0.125. The van der Waals surface area contributed by atoms with Gasteiger partial charge in [-0.05, 0) is 31.2 Å². The smallest absolute Gasteiger partial charge is 0.303 e. The maximum absolute atomic E-state index is 12.2. The van der Waals surface area contributed by atoms with Crippen LogP contribution in [-0.2, 0) is 4.79 Å². The number of amides is 1. The molecule has 2 aromatic heterocycles. The van der Waals surface area contributed by atoms with Gasteiger partial charge in [0.25, 0.3) is 5.91 Å². The van der Waals surface area contributed by atoms with Crippen LogP contribution in [0, 0.1) is 0 Å². The number of carboxylic acids is 1. The number of aliphatic carboxylic acids is 1. The fourth-order valence-electron chi connectivity index (χ4n) is 2.01. The largest absolute Gasteiger partial charge is 0.481 e. The molecule has 0 saturated carbocycles. The van der Waals surface area contributed by atoms with E-state index < -0.39 is 5.97 Å². The maximum Gasteiger partial charge on any atom is 0.303 e. The summed E-state index contributed by atoms with van der Waals surface area (Å²) < 4.78 is 1.88. The lowest BCUT2D eigenvalue weighted by Crippen LogP contribution is -2.25. The van der Waals surface area contributed by atoms with Crippen LogP contribution in [0.1, 0.15) is 29.8 Å². The number of rotatable bonds is 7. The third kappa shape index (κ3) is 3.75. The molecule has 0 aliphatic heterocycles. The molecule has 0 saturated heterocycles. The number of carbonyl (C=O) groups excluding carboxylic acids is 1. The molecule has 0 unspecified atom stereocenters. The Balaban J connectivity index is 2.01. The van der Waals surface area contributed by atoms with Gasteiger partial charge in [0.2, 0.25) is 0 Å². The third-order valence-electron chi connectivity index (χ3n) is 3.02. The molecule has 1 amide bonds. The van der Waals surface area contributed by atoms with Crippen molar-refractivity contribution < 1.29 is 14.7 Å². The van der Waals surface area contributed by atoms with Crippen LogP contribution in [0.2, 0.25) is 0 Å². The van der Waals surface area contributed by atoms with Crippen LogP contribution < -0.4 is 5.32 Å². The summed E-state index contributed by atoms with van der Waals surface area (Å²) in [6.45, 7) is 0.451. The summed E-state index contributed by atoms with van der Waals surface area (Å²) in [5, 5.41) is 12.1. The number of pyridine rings is 1. The monoisotopic (exact) mass is 307 g/mol. The number of nitrogens with zero attached hydrogens (tertiary/aromatic N) is 2. The first-order valence-electron chi connectivity index (χ1n) is 6.64.